The van der Waals surface area contributed by atoms with Gasteiger partial charge in [-0.3, -0.25) is 4.79 Å². The zero-order valence-corrected chi connectivity index (χ0v) is 12.4. The van der Waals surface area contributed by atoms with Crippen LogP contribution in [0.2, 0.25) is 0 Å². The third-order valence-corrected chi connectivity index (χ3v) is 4.35. The molecule has 5 nitrogen and oxygen atoms in total. The van der Waals surface area contributed by atoms with E-state index in [1.54, 1.807) is 13.1 Å². The number of amides is 1. The van der Waals surface area contributed by atoms with Gasteiger partial charge in [0, 0.05) is 31.5 Å². The van der Waals surface area contributed by atoms with Crippen molar-refractivity contribution >= 4 is 22.0 Å². The van der Waals surface area contributed by atoms with Crippen molar-refractivity contribution in [3.05, 3.63) is 40.8 Å². The number of carbonyl (C=O) groups is 1. The molecule has 1 heterocycles. The van der Waals surface area contributed by atoms with Crippen molar-refractivity contribution in [1.29, 1.82) is 0 Å². The van der Waals surface area contributed by atoms with Gasteiger partial charge in [-0.15, -0.1) is 0 Å². The Balaban J connectivity index is 2.01. The molecule has 1 saturated heterocycles. The lowest BCUT2D eigenvalue weighted by Gasteiger charge is -2.10. The normalized spacial score (nSPS) is 20.0. The predicted octanol–water partition coefficient (Wildman–Crippen LogP) is 1.12. The summed E-state index contributed by atoms with van der Waals surface area (Å²) in [6, 6.07) is 7.21. The van der Waals surface area contributed by atoms with Crippen LogP contribution in [0.1, 0.15) is 17.5 Å². The molecule has 20 heavy (non-hydrogen) atoms. The van der Waals surface area contributed by atoms with E-state index in [4.69, 9.17) is 0 Å². The summed E-state index contributed by atoms with van der Waals surface area (Å²) >= 11 is 0. The Labute approximate surface area is 119 Å². The van der Waals surface area contributed by atoms with Crippen LogP contribution >= 0.6 is 0 Å². The molecule has 108 valence electrons. The second kappa shape index (κ2) is 5.76. The number of nitrogens with zero attached hydrogens (tertiary/aromatic N) is 1. The van der Waals surface area contributed by atoms with Crippen molar-refractivity contribution in [2.24, 2.45) is 0 Å². The lowest BCUT2D eigenvalue weighted by atomic mass is 10.2. The molecule has 6 heteroatoms. The van der Waals surface area contributed by atoms with Gasteiger partial charge < -0.3 is 4.90 Å². The first-order valence-electron chi connectivity index (χ1n) is 6.37. The van der Waals surface area contributed by atoms with E-state index in [-0.39, 0.29) is 18.4 Å². The summed E-state index contributed by atoms with van der Waals surface area (Å²) in [4.78, 5) is 12.9. The monoisotopic (exact) mass is 294 g/mol. The Kier molecular flexibility index (Phi) is 4.25. The molecule has 1 aromatic carbocycles. The highest BCUT2D eigenvalue weighted by Crippen LogP contribution is 2.11. The van der Waals surface area contributed by atoms with Gasteiger partial charge in [0.05, 0.1) is 0 Å². The molecule has 0 radical (unpaired) electrons. The molecule has 1 N–H and O–H groups in total. The van der Waals surface area contributed by atoms with Gasteiger partial charge in [-0.25, -0.2) is 13.1 Å². The number of likely N-dealkylation sites (N-methyl/N-ethyl adjacent to an activating group) is 1. The maximum Gasteiger partial charge on any atom is 0.234 e. The van der Waals surface area contributed by atoms with Crippen molar-refractivity contribution in [3.63, 3.8) is 0 Å². The molecule has 1 fully saturated rings. The fourth-order valence-corrected chi connectivity index (χ4v) is 3.10. The molecule has 0 bridgehead atoms. The Morgan fingerprint density at radius 3 is 2.50 bits per heavy atom. The van der Waals surface area contributed by atoms with Gasteiger partial charge in [-0.2, -0.15) is 0 Å². The van der Waals surface area contributed by atoms with Crippen LogP contribution in [0.25, 0.3) is 6.08 Å². The minimum Gasteiger partial charge on any atom is -0.344 e. The molecule has 0 aliphatic carbocycles. The number of likely N-dealkylation sites (tertiary alicyclic amines) is 1. The highest BCUT2D eigenvalue weighted by atomic mass is 32.2. The van der Waals surface area contributed by atoms with E-state index < -0.39 is 10.0 Å². The van der Waals surface area contributed by atoms with Gasteiger partial charge >= 0.3 is 0 Å². The lowest BCUT2D eigenvalue weighted by Crippen LogP contribution is -2.35. The summed E-state index contributed by atoms with van der Waals surface area (Å²) in [5.74, 6) is -0.0415. The first-order chi connectivity index (χ1) is 9.35. The topological polar surface area (TPSA) is 66.5 Å². The number of aryl methyl sites for hydroxylation is 1. The van der Waals surface area contributed by atoms with Crippen LogP contribution in [0, 0.1) is 6.92 Å². The van der Waals surface area contributed by atoms with Crippen molar-refractivity contribution in [1.82, 2.24) is 9.62 Å². The Morgan fingerprint density at radius 1 is 1.30 bits per heavy atom. The molecule has 2 rings (SSSR count). The van der Waals surface area contributed by atoms with E-state index >= 15 is 0 Å². The third kappa shape index (κ3) is 3.91. The van der Waals surface area contributed by atoms with E-state index in [0.29, 0.717) is 6.54 Å². The number of hydrogen-bond acceptors (Lipinski definition) is 3. The second-order valence-corrected chi connectivity index (χ2v) is 6.65. The number of rotatable bonds is 4. The van der Waals surface area contributed by atoms with Crippen molar-refractivity contribution < 1.29 is 13.2 Å². The standard InChI is InChI=1S/C14H18N2O3S/c1-11-3-5-12(6-4-11)7-8-20(18,19)15-13-9-14(17)16(2)10-13/h3-8,13,15H,9-10H2,1-2H3. The minimum absolute atomic E-state index is 0.0415. The van der Waals surface area contributed by atoms with Crippen molar-refractivity contribution in [3.8, 4) is 0 Å². The van der Waals surface area contributed by atoms with E-state index in [9.17, 15) is 13.2 Å². The number of sulfonamides is 1. The van der Waals surface area contributed by atoms with Crippen LogP contribution in [0.15, 0.2) is 29.7 Å². The second-order valence-electron chi connectivity index (χ2n) is 5.05. The fourth-order valence-electron chi connectivity index (χ4n) is 2.06. The Morgan fingerprint density at radius 2 is 1.95 bits per heavy atom. The average molecular weight is 294 g/mol. The average Bonchev–Trinajstić information content (AvgIpc) is 2.67. The smallest absolute Gasteiger partial charge is 0.234 e. The highest BCUT2D eigenvalue weighted by molar-refractivity contribution is 7.92. The van der Waals surface area contributed by atoms with Crippen LogP contribution in [0.5, 0.6) is 0 Å². The van der Waals surface area contributed by atoms with Gasteiger partial charge in [-0.1, -0.05) is 29.8 Å². The van der Waals surface area contributed by atoms with E-state index in [2.05, 4.69) is 4.72 Å². The molecule has 1 aliphatic rings. The molecule has 0 spiro atoms. The molecule has 1 unspecified atom stereocenters. The first-order valence-corrected chi connectivity index (χ1v) is 7.91. The summed E-state index contributed by atoms with van der Waals surface area (Å²) in [6.07, 6.45) is 1.76. The molecular formula is C14H18N2O3S. The van der Waals surface area contributed by atoms with Crippen LogP contribution in [0.3, 0.4) is 0 Å². The Bertz CT molecular complexity index is 620. The van der Waals surface area contributed by atoms with E-state index in [1.165, 1.54) is 4.90 Å². The molecular weight excluding hydrogens is 276 g/mol. The summed E-state index contributed by atoms with van der Waals surface area (Å²) in [5, 5.41) is 1.14. The maximum atomic E-state index is 11.9. The summed E-state index contributed by atoms with van der Waals surface area (Å²) in [6.45, 7) is 2.38. The third-order valence-electron chi connectivity index (χ3n) is 3.19. The zero-order chi connectivity index (χ0) is 14.8. The largest absolute Gasteiger partial charge is 0.344 e. The molecule has 1 atom stereocenters. The van der Waals surface area contributed by atoms with Gasteiger partial charge in [-0.05, 0) is 18.6 Å². The number of benzene rings is 1. The first kappa shape index (κ1) is 14.7. The summed E-state index contributed by atoms with van der Waals surface area (Å²) in [5.41, 5.74) is 1.94. The van der Waals surface area contributed by atoms with Gasteiger partial charge in [0.15, 0.2) is 0 Å². The lowest BCUT2D eigenvalue weighted by molar-refractivity contribution is -0.126. The zero-order valence-electron chi connectivity index (χ0n) is 11.5. The molecule has 1 aliphatic heterocycles. The number of nitrogens with one attached hydrogen (secondary N) is 1. The number of carbonyl (C=O) groups excluding carboxylic acids is 1. The maximum absolute atomic E-state index is 11.9. The molecule has 1 aromatic rings. The molecule has 0 saturated carbocycles. The SMILES string of the molecule is Cc1ccc(C=CS(=O)(=O)NC2CC(=O)N(C)C2)cc1. The van der Waals surface area contributed by atoms with Crippen molar-refractivity contribution in [2.45, 2.75) is 19.4 Å². The van der Waals surface area contributed by atoms with Crippen LogP contribution < -0.4 is 4.72 Å². The fraction of sp³-hybridized carbons (Fsp3) is 0.357. The predicted molar refractivity (Wildman–Crippen MR) is 78.3 cm³/mol. The van der Waals surface area contributed by atoms with Crippen LogP contribution in [0.4, 0.5) is 0 Å². The van der Waals surface area contributed by atoms with Gasteiger partial charge in [0.1, 0.15) is 0 Å². The minimum atomic E-state index is -3.53. The van der Waals surface area contributed by atoms with E-state index in [0.717, 1.165) is 16.5 Å². The van der Waals surface area contributed by atoms with Gasteiger partial charge in [0.25, 0.3) is 0 Å². The molecule has 0 aromatic heterocycles. The van der Waals surface area contributed by atoms with Crippen molar-refractivity contribution in [2.75, 3.05) is 13.6 Å². The van der Waals surface area contributed by atoms with Crippen LogP contribution in [-0.2, 0) is 14.8 Å². The molecule has 1 amide bonds. The van der Waals surface area contributed by atoms with Gasteiger partial charge in [0.2, 0.25) is 15.9 Å². The summed E-state index contributed by atoms with van der Waals surface area (Å²) < 4.78 is 26.3. The summed E-state index contributed by atoms with van der Waals surface area (Å²) in [7, 11) is -1.86. The Hall–Kier alpha value is -1.66. The quantitative estimate of drug-likeness (QED) is 0.905. The number of hydrogen-bond donors (Lipinski definition) is 1. The van der Waals surface area contributed by atoms with Crippen LogP contribution in [-0.4, -0.2) is 38.9 Å². The highest BCUT2D eigenvalue weighted by Gasteiger charge is 2.29. The van der Waals surface area contributed by atoms with E-state index in [1.807, 2.05) is 31.2 Å².